The fourth-order valence-electron chi connectivity index (χ4n) is 2.38. The van der Waals surface area contributed by atoms with Crippen LogP contribution in [0.5, 0.6) is 0 Å². The molecule has 0 aromatic carbocycles. The highest BCUT2D eigenvalue weighted by atomic mass is 32.2. The third-order valence-electron chi connectivity index (χ3n) is 3.46. The maximum atomic E-state index is 2.40. The second-order valence-electron chi connectivity index (χ2n) is 5.71. The molecule has 0 atom stereocenters. The average molecular weight is 214 g/mol. The number of thioether (sulfide) groups is 1. The van der Waals surface area contributed by atoms with Gasteiger partial charge in [0.2, 0.25) is 0 Å². The van der Waals surface area contributed by atoms with E-state index in [-0.39, 0.29) is 0 Å². The summed E-state index contributed by atoms with van der Waals surface area (Å²) in [7, 11) is 0. The van der Waals surface area contributed by atoms with Crippen molar-refractivity contribution in [2.75, 3.05) is 5.75 Å². The minimum Gasteiger partial charge on any atom is -0.159 e. The molecular weight excluding hydrogens is 188 g/mol. The predicted molar refractivity (Wildman–Crippen MR) is 68.0 cm³/mol. The Morgan fingerprint density at radius 1 is 1.07 bits per heavy atom. The Morgan fingerprint density at radius 3 is 2.07 bits per heavy atom. The van der Waals surface area contributed by atoms with Gasteiger partial charge in [-0.1, -0.05) is 27.7 Å². The van der Waals surface area contributed by atoms with E-state index in [9.17, 15) is 0 Å². The molecule has 1 fully saturated rings. The standard InChI is InChI=1S/C13H26S/c1-5-10-14-12-8-6-11(7-9-12)13(2,3)4/h11-12H,5-10H2,1-4H3. The van der Waals surface area contributed by atoms with E-state index in [0.717, 1.165) is 11.2 Å². The van der Waals surface area contributed by atoms with E-state index < -0.39 is 0 Å². The first-order valence-electron chi connectivity index (χ1n) is 6.15. The molecule has 1 rings (SSSR count). The van der Waals surface area contributed by atoms with Crippen LogP contribution < -0.4 is 0 Å². The van der Waals surface area contributed by atoms with Gasteiger partial charge in [-0.15, -0.1) is 0 Å². The van der Waals surface area contributed by atoms with Crippen LogP contribution in [0.2, 0.25) is 0 Å². The zero-order valence-electron chi connectivity index (χ0n) is 10.3. The number of rotatable bonds is 3. The maximum absolute atomic E-state index is 2.40. The molecule has 0 aromatic rings. The molecular formula is C13H26S. The van der Waals surface area contributed by atoms with Crippen molar-refractivity contribution in [2.45, 2.75) is 65.0 Å². The van der Waals surface area contributed by atoms with E-state index in [1.54, 1.807) is 0 Å². The van der Waals surface area contributed by atoms with Gasteiger partial charge in [-0.2, -0.15) is 11.8 Å². The molecule has 14 heavy (non-hydrogen) atoms. The summed E-state index contributed by atoms with van der Waals surface area (Å²) in [6, 6.07) is 0. The van der Waals surface area contributed by atoms with Crippen molar-refractivity contribution in [2.24, 2.45) is 11.3 Å². The van der Waals surface area contributed by atoms with Crippen LogP contribution in [0.25, 0.3) is 0 Å². The summed E-state index contributed by atoms with van der Waals surface area (Å²) in [6.07, 6.45) is 7.19. The minimum absolute atomic E-state index is 0.542. The van der Waals surface area contributed by atoms with Gasteiger partial charge in [0.25, 0.3) is 0 Å². The van der Waals surface area contributed by atoms with Crippen molar-refractivity contribution in [1.82, 2.24) is 0 Å². The van der Waals surface area contributed by atoms with Gasteiger partial charge in [0, 0.05) is 5.25 Å². The SMILES string of the molecule is CCCSC1CCC(C(C)(C)C)CC1. The molecule has 0 aliphatic heterocycles. The highest BCUT2D eigenvalue weighted by Crippen LogP contribution is 2.40. The molecule has 84 valence electrons. The Bertz CT molecular complexity index is 149. The van der Waals surface area contributed by atoms with Crippen molar-refractivity contribution in [3.05, 3.63) is 0 Å². The van der Waals surface area contributed by atoms with E-state index in [4.69, 9.17) is 0 Å². The summed E-state index contributed by atoms with van der Waals surface area (Å²) in [5, 5.41) is 0.980. The largest absolute Gasteiger partial charge is 0.159 e. The fraction of sp³-hybridized carbons (Fsp3) is 1.00. The summed E-state index contributed by atoms with van der Waals surface area (Å²) in [4.78, 5) is 0. The quantitative estimate of drug-likeness (QED) is 0.654. The third-order valence-corrected chi connectivity index (χ3v) is 5.04. The lowest BCUT2D eigenvalue weighted by Crippen LogP contribution is -2.26. The zero-order chi connectivity index (χ0) is 10.6. The topological polar surface area (TPSA) is 0 Å². The molecule has 0 amide bonds. The van der Waals surface area contributed by atoms with Crippen molar-refractivity contribution in [3.8, 4) is 0 Å². The highest BCUT2D eigenvalue weighted by molar-refractivity contribution is 7.99. The molecule has 1 saturated carbocycles. The second-order valence-corrected chi connectivity index (χ2v) is 7.12. The summed E-state index contributed by atoms with van der Waals surface area (Å²) in [6.45, 7) is 9.49. The Labute approximate surface area is 94.2 Å². The first-order chi connectivity index (χ1) is 6.54. The molecule has 0 nitrogen and oxygen atoms in total. The molecule has 1 heteroatoms. The summed E-state index contributed by atoms with van der Waals surface area (Å²) in [5.41, 5.74) is 0.542. The Hall–Kier alpha value is 0.350. The molecule has 0 N–H and O–H groups in total. The van der Waals surface area contributed by atoms with Crippen LogP contribution in [0.4, 0.5) is 0 Å². The van der Waals surface area contributed by atoms with Crippen LogP contribution in [0.15, 0.2) is 0 Å². The Morgan fingerprint density at radius 2 is 1.64 bits per heavy atom. The highest BCUT2D eigenvalue weighted by Gasteiger charge is 2.29. The Balaban J connectivity index is 2.24. The van der Waals surface area contributed by atoms with Crippen LogP contribution in [-0.2, 0) is 0 Å². The molecule has 0 saturated heterocycles. The van der Waals surface area contributed by atoms with Crippen LogP contribution in [0.3, 0.4) is 0 Å². The van der Waals surface area contributed by atoms with Crippen molar-refractivity contribution >= 4 is 11.8 Å². The van der Waals surface area contributed by atoms with Crippen molar-refractivity contribution in [3.63, 3.8) is 0 Å². The fourth-order valence-corrected chi connectivity index (χ4v) is 3.55. The van der Waals surface area contributed by atoms with Crippen molar-refractivity contribution < 1.29 is 0 Å². The third kappa shape index (κ3) is 3.84. The lowest BCUT2D eigenvalue weighted by atomic mass is 9.72. The normalized spacial score (nSPS) is 29.1. The van der Waals surface area contributed by atoms with E-state index >= 15 is 0 Å². The molecule has 0 bridgehead atoms. The van der Waals surface area contributed by atoms with Crippen molar-refractivity contribution in [1.29, 1.82) is 0 Å². The van der Waals surface area contributed by atoms with Gasteiger partial charge in [-0.25, -0.2) is 0 Å². The number of hydrogen-bond donors (Lipinski definition) is 0. The lowest BCUT2D eigenvalue weighted by Gasteiger charge is -2.36. The van der Waals surface area contributed by atoms with E-state index in [2.05, 4.69) is 39.5 Å². The Kier molecular flexibility index (Phi) is 4.82. The molecule has 0 heterocycles. The maximum Gasteiger partial charge on any atom is 0.00472 e. The van der Waals surface area contributed by atoms with Gasteiger partial charge < -0.3 is 0 Å². The zero-order valence-corrected chi connectivity index (χ0v) is 11.1. The van der Waals surface area contributed by atoms with E-state index in [1.165, 1.54) is 37.9 Å². The van der Waals surface area contributed by atoms with Gasteiger partial charge in [0.05, 0.1) is 0 Å². The van der Waals surface area contributed by atoms with Gasteiger partial charge in [-0.05, 0) is 49.2 Å². The molecule has 0 spiro atoms. The summed E-state index contributed by atoms with van der Waals surface area (Å²) in [5.74, 6) is 2.34. The van der Waals surface area contributed by atoms with Crippen LogP contribution >= 0.6 is 11.8 Å². The van der Waals surface area contributed by atoms with Gasteiger partial charge in [0.15, 0.2) is 0 Å². The van der Waals surface area contributed by atoms with Gasteiger partial charge in [0.1, 0.15) is 0 Å². The molecule has 0 radical (unpaired) electrons. The van der Waals surface area contributed by atoms with E-state index in [1.807, 2.05) is 0 Å². The first-order valence-corrected chi connectivity index (χ1v) is 7.20. The van der Waals surface area contributed by atoms with Gasteiger partial charge in [-0.3, -0.25) is 0 Å². The van der Waals surface area contributed by atoms with Crippen LogP contribution in [-0.4, -0.2) is 11.0 Å². The molecule has 0 unspecified atom stereocenters. The van der Waals surface area contributed by atoms with Crippen LogP contribution in [0.1, 0.15) is 59.8 Å². The average Bonchev–Trinajstić information content (AvgIpc) is 2.14. The summed E-state index contributed by atoms with van der Waals surface area (Å²) < 4.78 is 0. The number of hydrogen-bond acceptors (Lipinski definition) is 1. The molecule has 0 aromatic heterocycles. The molecule has 1 aliphatic carbocycles. The van der Waals surface area contributed by atoms with Gasteiger partial charge >= 0.3 is 0 Å². The first kappa shape index (κ1) is 12.4. The summed E-state index contributed by atoms with van der Waals surface area (Å²) >= 11 is 2.21. The smallest absolute Gasteiger partial charge is 0.00472 e. The lowest BCUT2D eigenvalue weighted by molar-refractivity contribution is 0.182. The van der Waals surface area contributed by atoms with E-state index in [0.29, 0.717) is 5.41 Å². The second kappa shape index (κ2) is 5.44. The monoisotopic (exact) mass is 214 g/mol. The minimum atomic E-state index is 0.542. The molecule has 1 aliphatic rings. The predicted octanol–water partition coefficient (Wildman–Crippen LogP) is 4.73. The van der Waals surface area contributed by atoms with Crippen LogP contribution in [0, 0.1) is 11.3 Å².